The van der Waals surface area contributed by atoms with Crippen LogP contribution < -0.4 is 10.6 Å². The number of ether oxygens (including phenoxy) is 1. The van der Waals surface area contributed by atoms with Gasteiger partial charge in [0.1, 0.15) is 0 Å². The number of nitrogens with one attached hydrogen (secondary N) is 1. The van der Waals surface area contributed by atoms with Crippen LogP contribution in [0.4, 0.5) is 0 Å². The fraction of sp³-hybridized carbons (Fsp3) is 0.909. The second kappa shape index (κ2) is 6.80. The van der Waals surface area contributed by atoms with Gasteiger partial charge in [0.15, 0.2) is 0 Å². The van der Waals surface area contributed by atoms with E-state index in [-0.39, 0.29) is 17.9 Å². The van der Waals surface area contributed by atoms with Gasteiger partial charge >= 0.3 is 5.97 Å². The molecular formula is C11H21N2O2. The number of carbonyl (C=O) groups is 1. The van der Waals surface area contributed by atoms with E-state index < -0.39 is 0 Å². The van der Waals surface area contributed by atoms with Gasteiger partial charge in [0.2, 0.25) is 0 Å². The summed E-state index contributed by atoms with van der Waals surface area (Å²) in [7, 11) is 0. The lowest BCUT2D eigenvalue weighted by molar-refractivity contribution is -0.149. The summed E-state index contributed by atoms with van der Waals surface area (Å²) in [4.78, 5) is 11.6. The Kier molecular flexibility index (Phi) is 5.65. The van der Waals surface area contributed by atoms with Gasteiger partial charge in [-0.15, -0.1) is 0 Å². The molecule has 0 aromatic carbocycles. The first-order chi connectivity index (χ1) is 7.25. The van der Waals surface area contributed by atoms with Crippen LogP contribution in [0.5, 0.6) is 0 Å². The second-order valence-electron chi connectivity index (χ2n) is 3.99. The number of nitrogens with zero attached hydrogens (tertiary/aromatic N) is 1. The normalized spacial score (nSPS) is 23.5. The summed E-state index contributed by atoms with van der Waals surface area (Å²) < 4.78 is 5.17. The molecule has 2 unspecified atom stereocenters. The molecule has 0 aromatic heterocycles. The number of hydrogen-bond acceptors (Lipinski definition) is 3. The molecular weight excluding hydrogens is 192 g/mol. The maximum absolute atomic E-state index is 11.6. The molecule has 1 fully saturated rings. The lowest BCUT2D eigenvalue weighted by atomic mass is 10.0. The van der Waals surface area contributed by atoms with Gasteiger partial charge in [-0.25, -0.2) is 5.32 Å². The molecule has 0 aromatic rings. The number of unbranched alkanes of at least 4 members (excludes halogenated alkanes) is 1. The number of rotatable bonds is 5. The van der Waals surface area contributed by atoms with Gasteiger partial charge in [-0.2, -0.15) is 0 Å². The van der Waals surface area contributed by atoms with Crippen LogP contribution in [-0.2, 0) is 9.53 Å². The minimum Gasteiger partial charge on any atom is -0.465 e. The first-order valence-electron chi connectivity index (χ1n) is 5.79. The van der Waals surface area contributed by atoms with Crippen molar-refractivity contribution in [2.24, 2.45) is 5.92 Å². The van der Waals surface area contributed by atoms with E-state index in [0.29, 0.717) is 6.61 Å². The van der Waals surface area contributed by atoms with Crippen molar-refractivity contribution < 1.29 is 9.53 Å². The van der Waals surface area contributed by atoms with Crippen molar-refractivity contribution in [2.45, 2.75) is 32.7 Å². The van der Waals surface area contributed by atoms with Gasteiger partial charge in [0.05, 0.1) is 18.6 Å². The molecule has 4 nitrogen and oxygen atoms in total. The van der Waals surface area contributed by atoms with Crippen LogP contribution >= 0.6 is 0 Å². The summed E-state index contributed by atoms with van der Waals surface area (Å²) >= 11 is 0. The van der Waals surface area contributed by atoms with E-state index in [4.69, 9.17) is 4.74 Å². The molecule has 15 heavy (non-hydrogen) atoms. The minimum atomic E-state index is -0.116. The Morgan fingerprint density at radius 3 is 3.07 bits per heavy atom. The maximum Gasteiger partial charge on any atom is 0.310 e. The molecule has 0 amide bonds. The van der Waals surface area contributed by atoms with Crippen molar-refractivity contribution >= 4 is 5.97 Å². The molecule has 0 aliphatic carbocycles. The number of carbonyl (C=O) groups excluding carboxylic acids is 1. The second-order valence-corrected chi connectivity index (χ2v) is 3.99. The summed E-state index contributed by atoms with van der Waals surface area (Å²) in [5.74, 6) is -0.226. The summed E-state index contributed by atoms with van der Waals surface area (Å²) in [6, 6.07) is 0.0906. The Hall–Kier alpha value is -0.610. The quantitative estimate of drug-likeness (QED) is 0.536. The molecule has 1 aliphatic rings. The molecule has 1 N–H and O–H groups in total. The van der Waals surface area contributed by atoms with E-state index in [2.05, 4.69) is 17.6 Å². The van der Waals surface area contributed by atoms with Gasteiger partial charge in [-0.05, 0) is 6.42 Å². The van der Waals surface area contributed by atoms with Gasteiger partial charge in [0, 0.05) is 19.6 Å². The lowest BCUT2D eigenvalue weighted by Crippen LogP contribution is -2.49. The van der Waals surface area contributed by atoms with Crippen LogP contribution in [0.25, 0.3) is 0 Å². The van der Waals surface area contributed by atoms with Crippen LogP contribution in [0, 0.1) is 5.92 Å². The molecule has 4 heteroatoms. The van der Waals surface area contributed by atoms with E-state index in [0.717, 1.165) is 32.5 Å². The molecule has 1 heterocycles. The Bertz CT molecular complexity index is 191. The van der Waals surface area contributed by atoms with E-state index >= 15 is 0 Å². The van der Waals surface area contributed by atoms with E-state index in [9.17, 15) is 4.79 Å². The highest BCUT2D eigenvalue weighted by atomic mass is 16.5. The van der Waals surface area contributed by atoms with Crippen LogP contribution in [0.2, 0.25) is 0 Å². The smallest absolute Gasteiger partial charge is 0.310 e. The summed E-state index contributed by atoms with van der Waals surface area (Å²) in [5, 5.41) is 7.65. The average molecular weight is 213 g/mol. The Morgan fingerprint density at radius 2 is 2.47 bits per heavy atom. The zero-order chi connectivity index (χ0) is 11.1. The largest absolute Gasteiger partial charge is 0.465 e. The molecule has 1 rings (SSSR count). The molecule has 1 aliphatic heterocycles. The molecule has 87 valence electrons. The first-order valence-corrected chi connectivity index (χ1v) is 5.79. The summed E-state index contributed by atoms with van der Waals surface area (Å²) in [6.07, 6.45) is 2.00. The standard InChI is InChI=1S/C11H21N2O2/c1-3-4-7-15-11(14)9(2)10-8-12-5-6-13-10/h9-10,12H,3-8H2,1-2H3. The van der Waals surface area contributed by atoms with Crippen LogP contribution in [0.1, 0.15) is 26.7 Å². The number of piperazine rings is 1. The zero-order valence-corrected chi connectivity index (χ0v) is 9.66. The predicted molar refractivity (Wildman–Crippen MR) is 58.7 cm³/mol. The van der Waals surface area contributed by atoms with Gasteiger partial charge < -0.3 is 10.1 Å². The fourth-order valence-electron chi connectivity index (χ4n) is 1.56. The van der Waals surface area contributed by atoms with Gasteiger partial charge in [-0.1, -0.05) is 20.3 Å². The SMILES string of the molecule is CCCCOC(=O)C(C)C1CNCC[N]1. The highest BCUT2D eigenvalue weighted by molar-refractivity contribution is 5.72. The molecule has 0 spiro atoms. The van der Waals surface area contributed by atoms with E-state index in [1.807, 2.05) is 6.92 Å². The molecule has 0 saturated carbocycles. The average Bonchev–Trinajstić information content (AvgIpc) is 2.29. The lowest BCUT2D eigenvalue weighted by Gasteiger charge is -2.26. The van der Waals surface area contributed by atoms with E-state index in [1.54, 1.807) is 0 Å². The van der Waals surface area contributed by atoms with E-state index in [1.165, 1.54) is 0 Å². The van der Waals surface area contributed by atoms with Crippen LogP contribution in [-0.4, -0.2) is 38.3 Å². The predicted octanol–water partition coefficient (Wildman–Crippen LogP) is 0.542. The van der Waals surface area contributed by atoms with Crippen molar-refractivity contribution in [3.05, 3.63) is 0 Å². The topological polar surface area (TPSA) is 52.4 Å². The van der Waals surface area contributed by atoms with Crippen molar-refractivity contribution in [3.63, 3.8) is 0 Å². The Morgan fingerprint density at radius 1 is 1.67 bits per heavy atom. The third kappa shape index (κ3) is 4.18. The zero-order valence-electron chi connectivity index (χ0n) is 9.66. The minimum absolute atomic E-state index is 0.0906. The van der Waals surface area contributed by atoms with Crippen molar-refractivity contribution in [1.82, 2.24) is 10.6 Å². The number of esters is 1. The van der Waals surface area contributed by atoms with Crippen molar-refractivity contribution in [3.8, 4) is 0 Å². The van der Waals surface area contributed by atoms with Gasteiger partial charge in [0.25, 0.3) is 0 Å². The van der Waals surface area contributed by atoms with Crippen LogP contribution in [0.3, 0.4) is 0 Å². The maximum atomic E-state index is 11.6. The Balaban J connectivity index is 2.24. The van der Waals surface area contributed by atoms with Gasteiger partial charge in [-0.3, -0.25) is 4.79 Å². The monoisotopic (exact) mass is 213 g/mol. The highest BCUT2D eigenvalue weighted by Gasteiger charge is 2.27. The third-order valence-corrected chi connectivity index (χ3v) is 2.70. The van der Waals surface area contributed by atoms with Crippen LogP contribution in [0.15, 0.2) is 0 Å². The summed E-state index contributed by atoms with van der Waals surface area (Å²) in [6.45, 7) is 7.04. The molecule has 2 atom stereocenters. The first kappa shape index (κ1) is 12.5. The van der Waals surface area contributed by atoms with Crippen molar-refractivity contribution in [2.75, 3.05) is 26.2 Å². The number of hydrogen-bond donors (Lipinski definition) is 1. The Labute approximate surface area is 91.8 Å². The van der Waals surface area contributed by atoms with Crippen molar-refractivity contribution in [1.29, 1.82) is 0 Å². The molecule has 1 saturated heterocycles. The fourth-order valence-corrected chi connectivity index (χ4v) is 1.56. The third-order valence-electron chi connectivity index (χ3n) is 2.70. The molecule has 1 radical (unpaired) electrons. The summed E-state index contributed by atoms with van der Waals surface area (Å²) in [5.41, 5.74) is 0. The molecule has 0 bridgehead atoms. The highest BCUT2D eigenvalue weighted by Crippen LogP contribution is 2.08.